The Labute approximate surface area is 132 Å². The number of aliphatic hydroxyl groups is 1. The fourth-order valence-electron chi connectivity index (χ4n) is 2.70. The fraction of sp³-hybridized carbons (Fsp3) is 0.176. The summed E-state index contributed by atoms with van der Waals surface area (Å²) in [5.74, 6) is 0.493. The van der Waals surface area contributed by atoms with Gasteiger partial charge in [0.25, 0.3) is 5.91 Å². The van der Waals surface area contributed by atoms with Crippen molar-refractivity contribution in [2.75, 3.05) is 5.32 Å². The SMILES string of the molecule is CC1Oc2ccc(-c3cn4cccc(CO)c4n3)cc2NC1=O. The average Bonchev–Trinajstić information content (AvgIpc) is 2.99. The van der Waals surface area contributed by atoms with Crippen LogP contribution in [0.4, 0.5) is 5.69 Å². The Balaban J connectivity index is 1.79. The number of amides is 1. The van der Waals surface area contributed by atoms with Crippen LogP contribution in [-0.4, -0.2) is 26.5 Å². The molecule has 1 amide bonds. The molecule has 0 saturated heterocycles. The van der Waals surface area contributed by atoms with Crippen LogP contribution in [0.5, 0.6) is 5.75 Å². The van der Waals surface area contributed by atoms with Gasteiger partial charge in [-0.3, -0.25) is 4.79 Å². The molecule has 1 atom stereocenters. The third kappa shape index (κ3) is 2.24. The summed E-state index contributed by atoms with van der Waals surface area (Å²) in [6.45, 7) is 1.65. The molecule has 0 saturated carbocycles. The van der Waals surface area contributed by atoms with Crippen molar-refractivity contribution in [1.82, 2.24) is 9.38 Å². The van der Waals surface area contributed by atoms with Crippen LogP contribution in [0.25, 0.3) is 16.9 Å². The molecular formula is C17H15N3O3. The van der Waals surface area contributed by atoms with Gasteiger partial charge in [-0.15, -0.1) is 0 Å². The molecule has 0 fully saturated rings. The topological polar surface area (TPSA) is 75.9 Å². The van der Waals surface area contributed by atoms with Gasteiger partial charge in [0.1, 0.15) is 11.4 Å². The standard InChI is InChI=1S/C17H15N3O3/c1-10-17(22)19-13-7-11(4-5-15(13)23-10)14-8-20-6-2-3-12(9-21)16(20)18-14/h2-8,10,21H,9H2,1H3,(H,19,22). The van der Waals surface area contributed by atoms with Crippen molar-refractivity contribution >= 4 is 17.2 Å². The first-order valence-corrected chi connectivity index (χ1v) is 7.35. The largest absolute Gasteiger partial charge is 0.479 e. The van der Waals surface area contributed by atoms with Crippen molar-refractivity contribution in [3.63, 3.8) is 0 Å². The molecule has 4 rings (SSSR count). The molecule has 1 unspecified atom stereocenters. The summed E-state index contributed by atoms with van der Waals surface area (Å²) in [5, 5.41) is 12.2. The number of carbonyl (C=O) groups excluding carboxylic acids is 1. The lowest BCUT2D eigenvalue weighted by Crippen LogP contribution is -2.34. The minimum atomic E-state index is -0.490. The average molecular weight is 309 g/mol. The van der Waals surface area contributed by atoms with Crippen molar-refractivity contribution in [3.05, 3.63) is 48.3 Å². The number of ether oxygens (including phenoxy) is 1. The highest BCUT2D eigenvalue weighted by Crippen LogP contribution is 2.33. The highest BCUT2D eigenvalue weighted by molar-refractivity contribution is 5.98. The molecule has 0 bridgehead atoms. The van der Waals surface area contributed by atoms with Crippen molar-refractivity contribution in [2.45, 2.75) is 19.6 Å². The Bertz CT molecular complexity index is 917. The maximum absolute atomic E-state index is 11.7. The second-order valence-corrected chi connectivity index (χ2v) is 5.51. The molecule has 6 heteroatoms. The molecule has 3 heterocycles. The maximum atomic E-state index is 11.7. The number of carbonyl (C=O) groups is 1. The number of fused-ring (bicyclic) bond motifs is 2. The van der Waals surface area contributed by atoms with Gasteiger partial charge in [0, 0.05) is 23.5 Å². The predicted molar refractivity (Wildman–Crippen MR) is 85.3 cm³/mol. The van der Waals surface area contributed by atoms with E-state index < -0.39 is 6.10 Å². The molecule has 2 aromatic heterocycles. The highest BCUT2D eigenvalue weighted by Gasteiger charge is 2.23. The number of rotatable bonds is 2. The Morgan fingerprint density at radius 3 is 3.09 bits per heavy atom. The summed E-state index contributed by atoms with van der Waals surface area (Å²) in [7, 11) is 0. The molecule has 0 aliphatic carbocycles. The molecule has 1 aliphatic heterocycles. The minimum absolute atomic E-state index is 0.0627. The normalized spacial score (nSPS) is 16.8. The molecule has 6 nitrogen and oxygen atoms in total. The van der Waals surface area contributed by atoms with Crippen molar-refractivity contribution in [2.24, 2.45) is 0 Å². The zero-order valence-electron chi connectivity index (χ0n) is 12.5. The van der Waals surface area contributed by atoms with Gasteiger partial charge in [-0.1, -0.05) is 6.07 Å². The summed E-state index contributed by atoms with van der Waals surface area (Å²) >= 11 is 0. The van der Waals surface area contributed by atoms with Gasteiger partial charge in [0.05, 0.1) is 18.0 Å². The van der Waals surface area contributed by atoms with Gasteiger partial charge >= 0.3 is 0 Å². The number of pyridine rings is 1. The number of nitrogens with zero attached hydrogens (tertiary/aromatic N) is 2. The van der Waals surface area contributed by atoms with E-state index >= 15 is 0 Å². The van der Waals surface area contributed by atoms with Crippen molar-refractivity contribution in [3.8, 4) is 17.0 Å². The molecule has 116 valence electrons. The second kappa shape index (κ2) is 5.10. The van der Waals surface area contributed by atoms with Gasteiger partial charge in [-0.25, -0.2) is 4.98 Å². The lowest BCUT2D eigenvalue weighted by atomic mass is 10.1. The van der Waals surface area contributed by atoms with Gasteiger partial charge in [-0.2, -0.15) is 0 Å². The lowest BCUT2D eigenvalue weighted by Gasteiger charge is -2.23. The van der Waals surface area contributed by atoms with Crippen molar-refractivity contribution in [1.29, 1.82) is 0 Å². The van der Waals surface area contributed by atoms with Crippen LogP contribution < -0.4 is 10.1 Å². The molecule has 1 aromatic carbocycles. The van der Waals surface area contributed by atoms with E-state index in [0.29, 0.717) is 11.4 Å². The smallest absolute Gasteiger partial charge is 0.265 e. The molecule has 1 aliphatic rings. The molecule has 3 aromatic rings. The molecule has 0 spiro atoms. The number of hydrogen-bond donors (Lipinski definition) is 2. The van der Waals surface area contributed by atoms with Crippen LogP contribution in [0.1, 0.15) is 12.5 Å². The molecular weight excluding hydrogens is 294 g/mol. The monoisotopic (exact) mass is 309 g/mol. The van der Waals surface area contributed by atoms with Crippen LogP contribution in [0.3, 0.4) is 0 Å². The minimum Gasteiger partial charge on any atom is -0.479 e. The summed E-state index contributed by atoms with van der Waals surface area (Å²) in [6.07, 6.45) is 3.29. The molecule has 23 heavy (non-hydrogen) atoms. The first-order chi connectivity index (χ1) is 11.2. The van der Waals surface area contributed by atoms with Crippen LogP contribution in [0, 0.1) is 0 Å². The Morgan fingerprint density at radius 2 is 2.26 bits per heavy atom. The van der Waals surface area contributed by atoms with Crippen LogP contribution in [0.15, 0.2) is 42.7 Å². The number of aliphatic hydroxyl groups excluding tert-OH is 1. The highest BCUT2D eigenvalue weighted by atomic mass is 16.5. The third-order valence-electron chi connectivity index (χ3n) is 3.94. The van der Waals surface area contributed by atoms with E-state index in [9.17, 15) is 9.90 Å². The Kier molecular flexibility index (Phi) is 3.06. The van der Waals surface area contributed by atoms with Crippen LogP contribution >= 0.6 is 0 Å². The first-order valence-electron chi connectivity index (χ1n) is 7.35. The summed E-state index contributed by atoms with van der Waals surface area (Å²) in [5.41, 5.74) is 3.76. The second-order valence-electron chi connectivity index (χ2n) is 5.51. The number of hydrogen-bond acceptors (Lipinski definition) is 4. The number of aromatic nitrogens is 2. The van der Waals surface area contributed by atoms with Crippen LogP contribution in [-0.2, 0) is 11.4 Å². The molecule has 2 N–H and O–H groups in total. The van der Waals surface area contributed by atoms with E-state index in [1.807, 2.05) is 47.1 Å². The van der Waals surface area contributed by atoms with E-state index in [-0.39, 0.29) is 12.5 Å². The van der Waals surface area contributed by atoms with Gasteiger partial charge in [-0.05, 0) is 31.2 Å². The van der Waals surface area contributed by atoms with E-state index in [1.54, 1.807) is 6.92 Å². The number of imidazole rings is 1. The third-order valence-corrected chi connectivity index (χ3v) is 3.94. The first kappa shape index (κ1) is 13.8. The van der Waals surface area contributed by atoms with E-state index in [2.05, 4.69) is 10.3 Å². The Morgan fingerprint density at radius 1 is 1.39 bits per heavy atom. The van der Waals surface area contributed by atoms with Gasteiger partial charge in [0.2, 0.25) is 0 Å². The Hall–Kier alpha value is -2.86. The van der Waals surface area contributed by atoms with E-state index in [4.69, 9.17) is 4.74 Å². The quantitative estimate of drug-likeness (QED) is 0.761. The van der Waals surface area contributed by atoms with E-state index in [1.165, 1.54) is 0 Å². The van der Waals surface area contributed by atoms with Gasteiger partial charge < -0.3 is 19.6 Å². The lowest BCUT2D eigenvalue weighted by molar-refractivity contribution is -0.122. The number of anilines is 1. The predicted octanol–water partition coefficient (Wildman–Crippen LogP) is 2.21. The zero-order valence-corrected chi connectivity index (χ0v) is 12.5. The summed E-state index contributed by atoms with van der Waals surface area (Å²) in [4.78, 5) is 16.3. The van der Waals surface area contributed by atoms with Crippen molar-refractivity contribution < 1.29 is 14.6 Å². The number of benzene rings is 1. The summed E-state index contributed by atoms with van der Waals surface area (Å²) in [6, 6.07) is 9.29. The fourth-order valence-corrected chi connectivity index (χ4v) is 2.70. The summed E-state index contributed by atoms with van der Waals surface area (Å²) < 4.78 is 7.43. The zero-order chi connectivity index (χ0) is 16.0. The van der Waals surface area contributed by atoms with Crippen LogP contribution in [0.2, 0.25) is 0 Å². The molecule has 0 radical (unpaired) electrons. The van der Waals surface area contributed by atoms with Gasteiger partial charge in [0.15, 0.2) is 6.10 Å². The number of nitrogens with one attached hydrogen (secondary N) is 1. The van der Waals surface area contributed by atoms with E-state index in [0.717, 1.165) is 22.5 Å². The maximum Gasteiger partial charge on any atom is 0.265 e.